The van der Waals surface area contributed by atoms with Crippen LogP contribution in [-0.2, 0) is 16.6 Å². The van der Waals surface area contributed by atoms with Gasteiger partial charge in [0.05, 0.1) is 5.60 Å². The highest BCUT2D eigenvalue weighted by atomic mass is 16.5. The van der Waals surface area contributed by atoms with Crippen LogP contribution < -0.4 is 5.32 Å². The Balaban J connectivity index is 1.55. The predicted octanol–water partition coefficient (Wildman–Crippen LogP) is 0.494. The maximum Gasteiger partial charge on any atom is 0.293 e. The van der Waals surface area contributed by atoms with Crippen molar-refractivity contribution < 1.29 is 14.3 Å². The first-order valence-electron chi connectivity index (χ1n) is 8.52. The lowest BCUT2D eigenvalue weighted by atomic mass is 9.88. The van der Waals surface area contributed by atoms with Gasteiger partial charge in [-0.25, -0.2) is 4.98 Å². The zero-order chi connectivity index (χ0) is 17.3. The van der Waals surface area contributed by atoms with Gasteiger partial charge >= 0.3 is 0 Å². The first-order chi connectivity index (χ1) is 11.4. The Bertz CT molecular complexity index is 619. The zero-order valence-electron chi connectivity index (χ0n) is 14.5. The molecule has 0 bridgehead atoms. The van der Waals surface area contributed by atoms with Crippen molar-refractivity contribution in [2.45, 2.75) is 57.3 Å². The summed E-state index contributed by atoms with van der Waals surface area (Å²) in [7, 11) is 1.74. The topological polar surface area (TPSA) is 89.4 Å². The lowest BCUT2D eigenvalue weighted by Gasteiger charge is -2.38. The van der Waals surface area contributed by atoms with E-state index < -0.39 is 0 Å². The van der Waals surface area contributed by atoms with E-state index in [-0.39, 0.29) is 35.4 Å². The molecule has 0 radical (unpaired) electrons. The molecule has 2 aliphatic heterocycles. The number of nitrogens with one attached hydrogen (secondary N) is 1. The monoisotopic (exact) mass is 335 g/mol. The van der Waals surface area contributed by atoms with Crippen LogP contribution >= 0.6 is 0 Å². The minimum atomic E-state index is -0.368. The summed E-state index contributed by atoms with van der Waals surface area (Å²) >= 11 is 0. The molecule has 1 spiro atoms. The third-order valence-corrected chi connectivity index (χ3v) is 4.73. The smallest absolute Gasteiger partial charge is 0.293 e. The summed E-state index contributed by atoms with van der Waals surface area (Å²) in [6, 6.07) is 0.114. The average Bonchev–Trinajstić information content (AvgIpc) is 3.14. The Hall–Kier alpha value is -1.96. The second-order valence-corrected chi connectivity index (χ2v) is 7.03. The molecule has 2 fully saturated rings. The van der Waals surface area contributed by atoms with Crippen molar-refractivity contribution >= 4 is 11.8 Å². The molecule has 8 heteroatoms. The molecule has 0 aliphatic carbocycles. The lowest BCUT2D eigenvalue weighted by molar-refractivity contribution is -0.140. The normalized spacial score (nSPS) is 23.0. The Morgan fingerprint density at radius 3 is 2.62 bits per heavy atom. The molecule has 8 nitrogen and oxygen atoms in total. The van der Waals surface area contributed by atoms with Gasteiger partial charge in [0.15, 0.2) is 0 Å². The minimum absolute atomic E-state index is 0.0296. The van der Waals surface area contributed by atoms with Gasteiger partial charge in [0.2, 0.25) is 11.7 Å². The van der Waals surface area contributed by atoms with E-state index in [9.17, 15) is 9.59 Å². The highest BCUT2D eigenvalue weighted by Crippen LogP contribution is 2.39. The van der Waals surface area contributed by atoms with Crippen molar-refractivity contribution in [3.63, 3.8) is 0 Å². The second kappa shape index (κ2) is 6.51. The van der Waals surface area contributed by atoms with Crippen LogP contribution in [0.25, 0.3) is 0 Å². The summed E-state index contributed by atoms with van der Waals surface area (Å²) in [5.74, 6) is 0.0607. The van der Waals surface area contributed by atoms with Crippen molar-refractivity contribution in [1.82, 2.24) is 25.0 Å². The number of ether oxygens (including phenoxy) is 1. The van der Waals surface area contributed by atoms with Gasteiger partial charge in [0.1, 0.15) is 12.4 Å². The van der Waals surface area contributed by atoms with Gasteiger partial charge in [-0.1, -0.05) is 0 Å². The highest BCUT2D eigenvalue weighted by Gasteiger charge is 2.45. The van der Waals surface area contributed by atoms with Crippen LogP contribution in [0.2, 0.25) is 0 Å². The molecule has 24 heavy (non-hydrogen) atoms. The number of piperidine rings is 1. The van der Waals surface area contributed by atoms with Crippen molar-refractivity contribution in [3.8, 4) is 0 Å². The molecule has 3 rings (SSSR count). The Morgan fingerprint density at radius 1 is 1.33 bits per heavy atom. The Labute approximate surface area is 141 Å². The van der Waals surface area contributed by atoms with E-state index in [1.807, 2.05) is 13.8 Å². The quantitative estimate of drug-likeness (QED) is 0.868. The maximum absolute atomic E-state index is 12.4. The number of carbonyl (C=O) groups excluding carboxylic acids is 2. The molecule has 1 aromatic rings. The Morgan fingerprint density at radius 2 is 2.04 bits per heavy atom. The number of hydrogen-bond acceptors (Lipinski definition) is 5. The van der Waals surface area contributed by atoms with E-state index in [1.54, 1.807) is 11.9 Å². The number of aromatic nitrogens is 3. The number of carbonyl (C=O) groups is 2. The van der Waals surface area contributed by atoms with Crippen molar-refractivity contribution in [3.05, 3.63) is 12.2 Å². The molecule has 1 aromatic heterocycles. The number of amides is 2. The van der Waals surface area contributed by atoms with Gasteiger partial charge < -0.3 is 15.0 Å². The average molecular weight is 335 g/mol. The molecule has 3 heterocycles. The first-order valence-corrected chi connectivity index (χ1v) is 8.52. The van der Waals surface area contributed by atoms with Crippen molar-refractivity contribution in [1.29, 1.82) is 0 Å². The Kier molecular flexibility index (Phi) is 4.58. The fourth-order valence-electron chi connectivity index (χ4n) is 3.44. The van der Waals surface area contributed by atoms with Gasteiger partial charge in [-0.05, 0) is 39.5 Å². The van der Waals surface area contributed by atoms with Crippen molar-refractivity contribution in [2.24, 2.45) is 7.05 Å². The van der Waals surface area contributed by atoms with Crippen LogP contribution in [0.3, 0.4) is 0 Å². The molecule has 2 aliphatic rings. The van der Waals surface area contributed by atoms with E-state index >= 15 is 0 Å². The largest absolute Gasteiger partial charge is 0.362 e. The van der Waals surface area contributed by atoms with Crippen LogP contribution in [0.15, 0.2) is 6.33 Å². The SMILES string of the molecule is CC(C)NC(=O)[C@@H]1CCC2(CCN(C(=O)c3ncn(C)n3)CC2)O1. The summed E-state index contributed by atoms with van der Waals surface area (Å²) in [5.41, 5.74) is -0.271. The second-order valence-electron chi connectivity index (χ2n) is 7.03. The van der Waals surface area contributed by atoms with E-state index in [4.69, 9.17) is 4.74 Å². The third-order valence-electron chi connectivity index (χ3n) is 4.73. The number of nitrogens with zero attached hydrogens (tertiary/aromatic N) is 4. The number of rotatable bonds is 3. The third kappa shape index (κ3) is 3.43. The molecule has 2 amide bonds. The molecule has 1 atom stereocenters. The molecular weight excluding hydrogens is 310 g/mol. The van der Waals surface area contributed by atoms with Crippen LogP contribution in [0.5, 0.6) is 0 Å². The van der Waals surface area contributed by atoms with Crippen LogP contribution in [0.1, 0.15) is 50.1 Å². The summed E-state index contributed by atoms with van der Waals surface area (Å²) in [5, 5.41) is 6.98. The standard InChI is InChI=1S/C16H25N5O3/c1-11(2)18-14(22)12-4-5-16(24-12)6-8-21(9-7-16)15(23)13-17-10-20(3)19-13/h10-12H,4-9H2,1-3H3,(H,18,22)/t12-/m0/s1. The predicted molar refractivity (Wildman–Crippen MR) is 86.3 cm³/mol. The lowest BCUT2D eigenvalue weighted by Crippen LogP contribution is -2.48. The molecule has 132 valence electrons. The summed E-state index contributed by atoms with van der Waals surface area (Å²) < 4.78 is 7.63. The maximum atomic E-state index is 12.4. The van der Waals surface area contributed by atoms with Gasteiger partial charge in [0, 0.05) is 26.2 Å². The number of aryl methyl sites for hydroxylation is 1. The minimum Gasteiger partial charge on any atom is -0.362 e. The van der Waals surface area contributed by atoms with Crippen LogP contribution in [0, 0.1) is 0 Å². The molecule has 0 saturated carbocycles. The summed E-state index contributed by atoms with van der Waals surface area (Å²) in [4.78, 5) is 30.3. The first kappa shape index (κ1) is 16.9. The molecule has 2 saturated heterocycles. The van der Waals surface area contributed by atoms with Crippen LogP contribution in [-0.4, -0.2) is 62.3 Å². The fourth-order valence-corrected chi connectivity index (χ4v) is 3.44. The van der Waals surface area contributed by atoms with Gasteiger partial charge in [0.25, 0.3) is 5.91 Å². The molecule has 0 aromatic carbocycles. The van der Waals surface area contributed by atoms with E-state index in [0.717, 1.165) is 25.7 Å². The van der Waals surface area contributed by atoms with E-state index in [2.05, 4.69) is 15.4 Å². The molecular formula is C16H25N5O3. The van der Waals surface area contributed by atoms with Crippen molar-refractivity contribution in [2.75, 3.05) is 13.1 Å². The van der Waals surface area contributed by atoms with Gasteiger partial charge in [-0.15, -0.1) is 5.10 Å². The number of hydrogen-bond donors (Lipinski definition) is 1. The fraction of sp³-hybridized carbons (Fsp3) is 0.750. The molecule has 1 N–H and O–H groups in total. The van der Waals surface area contributed by atoms with Gasteiger partial charge in [-0.3, -0.25) is 14.3 Å². The summed E-state index contributed by atoms with van der Waals surface area (Å²) in [6.45, 7) is 5.10. The highest BCUT2D eigenvalue weighted by molar-refractivity contribution is 5.90. The van der Waals surface area contributed by atoms with Crippen LogP contribution in [0.4, 0.5) is 0 Å². The van der Waals surface area contributed by atoms with E-state index in [0.29, 0.717) is 13.1 Å². The van der Waals surface area contributed by atoms with Gasteiger partial charge in [-0.2, -0.15) is 0 Å². The number of likely N-dealkylation sites (tertiary alicyclic amines) is 1. The summed E-state index contributed by atoms with van der Waals surface area (Å²) in [6.07, 6.45) is 4.26. The zero-order valence-corrected chi connectivity index (χ0v) is 14.5. The van der Waals surface area contributed by atoms with E-state index in [1.165, 1.54) is 11.0 Å². The molecule has 0 unspecified atom stereocenters.